The van der Waals surface area contributed by atoms with Gasteiger partial charge in [-0.3, -0.25) is 0 Å². The minimum Gasteiger partial charge on any atom is -0.394 e. The molecule has 0 radical (unpaired) electrons. The summed E-state index contributed by atoms with van der Waals surface area (Å²) in [5.74, 6) is 0. The van der Waals surface area contributed by atoms with Gasteiger partial charge in [0, 0.05) is 5.16 Å². The lowest BCUT2D eigenvalue weighted by Gasteiger charge is -2.28. The molecule has 0 atom stereocenters. The molecule has 0 saturated heterocycles. The van der Waals surface area contributed by atoms with Crippen molar-refractivity contribution in [1.29, 1.82) is 0 Å². The SMILES string of the molecule is CC(C)(C)P(OCCO)OCCO. The Bertz CT molecular complexity index is 116. The maximum atomic E-state index is 8.59. The quantitative estimate of drug-likeness (QED) is 0.645. The summed E-state index contributed by atoms with van der Waals surface area (Å²) < 4.78 is 10.7. The van der Waals surface area contributed by atoms with Gasteiger partial charge in [0.2, 0.25) is 0 Å². The van der Waals surface area contributed by atoms with E-state index in [0.29, 0.717) is 0 Å². The van der Waals surface area contributed by atoms with Gasteiger partial charge in [-0.1, -0.05) is 20.8 Å². The summed E-state index contributed by atoms with van der Waals surface area (Å²) in [5.41, 5.74) is 0. The van der Waals surface area contributed by atoms with Gasteiger partial charge in [0.15, 0.2) is 8.38 Å². The van der Waals surface area contributed by atoms with Crippen molar-refractivity contribution in [2.75, 3.05) is 26.4 Å². The molecule has 5 heteroatoms. The van der Waals surface area contributed by atoms with Crippen molar-refractivity contribution < 1.29 is 19.3 Å². The van der Waals surface area contributed by atoms with Crippen LogP contribution < -0.4 is 0 Å². The first kappa shape index (κ1) is 13.3. The first-order chi connectivity index (χ1) is 6.02. The van der Waals surface area contributed by atoms with Crippen LogP contribution in [0.5, 0.6) is 0 Å². The smallest absolute Gasteiger partial charge is 0.176 e. The molecule has 0 bridgehead atoms. The van der Waals surface area contributed by atoms with E-state index in [1.165, 1.54) is 0 Å². The summed E-state index contributed by atoms with van der Waals surface area (Å²) in [5, 5.41) is 17.1. The average molecular weight is 210 g/mol. The fraction of sp³-hybridized carbons (Fsp3) is 1.00. The van der Waals surface area contributed by atoms with Crippen molar-refractivity contribution in [3.63, 3.8) is 0 Å². The molecule has 0 aromatic rings. The minimum atomic E-state index is -1.03. The largest absolute Gasteiger partial charge is 0.394 e. The third-order valence-corrected chi connectivity index (χ3v) is 3.08. The predicted octanol–water partition coefficient (Wildman–Crippen LogP) is 1.11. The molecule has 0 aliphatic rings. The summed E-state index contributed by atoms with van der Waals surface area (Å²) >= 11 is 0. The van der Waals surface area contributed by atoms with Crippen LogP contribution in [-0.2, 0) is 9.05 Å². The fourth-order valence-corrected chi connectivity index (χ4v) is 2.02. The molecule has 0 fully saturated rings. The Balaban J connectivity index is 3.88. The van der Waals surface area contributed by atoms with E-state index in [-0.39, 0.29) is 31.6 Å². The Labute approximate surface area is 80.8 Å². The normalized spacial score (nSPS) is 12.5. The number of aliphatic hydroxyl groups excluding tert-OH is 2. The first-order valence-corrected chi connectivity index (χ1v) is 5.48. The fourth-order valence-electron chi connectivity index (χ4n) is 0.672. The third kappa shape index (κ3) is 6.36. The van der Waals surface area contributed by atoms with Gasteiger partial charge >= 0.3 is 0 Å². The number of hydrogen-bond acceptors (Lipinski definition) is 4. The highest BCUT2D eigenvalue weighted by Gasteiger charge is 2.27. The molecule has 0 saturated carbocycles. The Morgan fingerprint density at radius 2 is 1.38 bits per heavy atom. The van der Waals surface area contributed by atoms with E-state index >= 15 is 0 Å². The van der Waals surface area contributed by atoms with E-state index in [0.717, 1.165) is 0 Å². The molecule has 80 valence electrons. The van der Waals surface area contributed by atoms with Crippen molar-refractivity contribution in [2.45, 2.75) is 25.9 Å². The zero-order chi connectivity index (χ0) is 10.3. The Kier molecular flexibility index (Phi) is 6.82. The molecule has 0 spiro atoms. The first-order valence-electron chi connectivity index (χ1n) is 4.30. The standard InChI is InChI=1S/C8H19O4P/c1-8(2,3)13(11-6-4-9)12-7-5-10/h9-10H,4-7H2,1-3H3. The predicted molar refractivity (Wildman–Crippen MR) is 52.7 cm³/mol. The lowest BCUT2D eigenvalue weighted by molar-refractivity contribution is 0.158. The van der Waals surface area contributed by atoms with Gasteiger partial charge in [0.05, 0.1) is 26.4 Å². The molecule has 4 nitrogen and oxygen atoms in total. The van der Waals surface area contributed by atoms with Gasteiger partial charge in [-0.25, -0.2) is 0 Å². The monoisotopic (exact) mass is 210 g/mol. The molecule has 0 aliphatic heterocycles. The van der Waals surface area contributed by atoms with E-state index in [1.807, 2.05) is 20.8 Å². The third-order valence-electron chi connectivity index (χ3n) is 1.15. The van der Waals surface area contributed by atoms with Gasteiger partial charge in [0.1, 0.15) is 0 Å². The van der Waals surface area contributed by atoms with Crippen molar-refractivity contribution in [2.24, 2.45) is 0 Å². The van der Waals surface area contributed by atoms with Crippen LogP contribution in [0, 0.1) is 0 Å². The molecule has 0 rings (SSSR count). The van der Waals surface area contributed by atoms with Crippen LogP contribution >= 0.6 is 8.38 Å². The summed E-state index contributed by atoms with van der Waals surface area (Å²) in [4.78, 5) is 0. The van der Waals surface area contributed by atoms with Crippen LogP contribution in [0.15, 0.2) is 0 Å². The molecule has 0 unspecified atom stereocenters. The molecule has 0 aliphatic carbocycles. The van der Waals surface area contributed by atoms with E-state index < -0.39 is 8.38 Å². The highest BCUT2D eigenvalue weighted by Crippen LogP contribution is 2.50. The van der Waals surface area contributed by atoms with Crippen LogP contribution in [0.4, 0.5) is 0 Å². The van der Waals surface area contributed by atoms with E-state index in [9.17, 15) is 0 Å². The molecule has 0 aromatic carbocycles. The van der Waals surface area contributed by atoms with Gasteiger partial charge in [-0.15, -0.1) is 0 Å². The van der Waals surface area contributed by atoms with E-state index in [2.05, 4.69) is 0 Å². The van der Waals surface area contributed by atoms with Crippen LogP contribution in [0.1, 0.15) is 20.8 Å². The second-order valence-electron chi connectivity index (χ2n) is 3.54. The summed E-state index contributed by atoms with van der Waals surface area (Å²) in [6, 6.07) is 0. The zero-order valence-corrected chi connectivity index (χ0v) is 9.38. The van der Waals surface area contributed by atoms with Gasteiger partial charge in [-0.2, -0.15) is 0 Å². The topological polar surface area (TPSA) is 58.9 Å². The summed E-state index contributed by atoms with van der Waals surface area (Å²) in [7, 11) is -1.03. The van der Waals surface area contributed by atoms with E-state index in [4.69, 9.17) is 19.3 Å². The lowest BCUT2D eigenvalue weighted by Crippen LogP contribution is -2.17. The maximum absolute atomic E-state index is 8.59. The molecule has 2 N–H and O–H groups in total. The van der Waals surface area contributed by atoms with Crippen LogP contribution in [0.25, 0.3) is 0 Å². The second-order valence-corrected chi connectivity index (χ2v) is 5.91. The Morgan fingerprint density at radius 1 is 1.00 bits per heavy atom. The van der Waals surface area contributed by atoms with E-state index in [1.54, 1.807) is 0 Å². The average Bonchev–Trinajstić information content (AvgIpc) is 2.02. The highest BCUT2D eigenvalue weighted by atomic mass is 31.2. The highest BCUT2D eigenvalue weighted by molar-refractivity contribution is 7.49. The van der Waals surface area contributed by atoms with Crippen molar-refractivity contribution in [1.82, 2.24) is 0 Å². The zero-order valence-electron chi connectivity index (χ0n) is 8.49. The second kappa shape index (κ2) is 6.68. The van der Waals surface area contributed by atoms with Crippen molar-refractivity contribution in [3.8, 4) is 0 Å². The molecular weight excluding hydrogens is 191 g/mol. The minimum absolute atomic E-state index is 0.00258. The Morgan fingerprint density at radius 3 is 1.62 bits per heavy atom. The van der Waals surface area contributed by atoms with Gasteiger partial charge in [-0.05, 0) is 0 Å². The summed E-state index contributed by atoms with van der Waals surface area (Å²) in [6.07, 6.45) is 0. The van der Waals surface area contributed by atoms with Crippen LogP contribution in [-0.4, -0.2) is 41.8 Å². The van der Waals surface area contributed by atoms with Crippen molar-refractivity contribution >= 4 is 8.38 Å². The van der Waals surface area contributed by atoms with Crippen LogP contribution in [0.2, 0.25) is 0 Å². The van der Waals surface area contributed by atoms with Crippen LogP contribution in [0.3, 0.4) is 0 Å². The Hall–Kier alpha value is 0.270. The van der Waals surface area contributed by atoms with Crippen molar-refractivity contribution in [3.05, 3.63) is 0 Å². The number of aliphatic hydroxyl groups is 2. The summed E-state index contributed by atoms with van der Waals surface area (Å²) in [6.45, 7) is 6.59. The van der Waals surface area contributed by atoms with Gasteiger partial charge < -0.3 is 19.3 Å². The number of rotatable bonds is 6. The molecule has 0 amide bonds. The van der Waals surface area contributed by atoms with Gasteiger partial charge in [0.25, 0.3) is 0 Å². The maximum Gasteiger partial charge on any atom is 0.176 e. The molecule has 0 heterocycles. The molecule has 13 heavy (non-hydrogen) atoms. The molecule has 0 aromatic heterocycles. The number of hydrogen-bond donors (Lipinski definition) is 2. The lowest BCUT2D eigenvalue weighted by atomic mass is 10.3. The molecular formula is C8H19O4P.